The van der Waals surface area contributed by atoms with Gasteiger partial charge in [-0.25, -0.2) is 0 Å². The number of hydrogen-bond acceptors (Lipinski definition) is 4. The van der Waals surface area contributed by atoms with Gasteiger partial charge < -0.3 is 0 Å². The second-order valence-electron chi connectivity index (χ2n) is 1.93. The van der Waals surface area contributed by atoms with Gasteiger partial charge in [0.25, 0.3) is 0 Å². The first kappa shape index (κ1) is 7.58. The largest absolute Gasteiger partial charge is 0.289 e. The molecule has 1 aliphatic rings. The van der Waals surface area contributed by atoms with E-state index in [1.54, 1.807) is 23.3 Å². The third-order valence-electron chi connectivity index (χ3n) is 1.25. The van der Waals surface area contributed by atoms with Crippen molar-refractivity contribution in [2.45, 2.75) is 0 Å². The third kappa shape index (κ3) is 1.75. The van der Waals surface area contributed by atoms with Gasteiger partial charge in [-0.15, -0.1) is 23.1 Å². The highest BCUT2D eigenvalue weighted by atomic mass is 32.2. The molecule has 0 saturated heterocycles. The minimum Gasteiger partial charge on any atom is -0.289 e. The Morgan fingerprint density at radius 2 is 2.55 bits per heavy atom. The molecule has 1 aromatic rings. The summed E-state index contributed by atoms with van der Waals surface area (Å²) in [6, 6.07) is 2.08. The molecule has 1 aromatic heterocycles. The van der Waals surface area contributed by atoms with Gasteiger partial charge in [0.05, 0.1) is 16.2 Å². The first-order valence-corrected chi connectivity index (χ1v) is 5.99. The predicted molar refractivity (Wildman–Crippen MR) is 54.8 cm³/mol. The van der Waals surface area contributed by atoms with Crippen molar-refractivity contribution in [3.8, 4) is 0 Å². The molecule has 0 amide bonds. The number of anilines is 1. The Morgan fingerprint density at radius 3 is 3.18 bits per heavy atom. The van der Waals surface area contributed by atoms with Crippen molar-refractivity contribution in [2.75, 3.05) is 9.39 Å². The number of nitrogens with zero attached hydrogens (tertiary/aromatic N) is 1. The van der Waals surface area contributed by atoms with E-state index < -0.39 is 0 Å². The van der Waals surface area contributed by atoms with Crippen molar-refractivity contribution in [3.05, 3.63) is 28.4 Å². The van der Waals surface area contributed by atoms with Gasteiger partial charge in [-0.2, -0.15) is 0 Å². The molecule has 2 rings (SSSR count). The van der Waals surface area contributed by atoms with Crippen molar-refractivity contribution in [2.24, 2.45) is 0 Å². The molecule has 0 aromatic carbocycles. The van der Waals surface area contributed by atoms with Crippen LogP contribution in [0.2, 0.25) is 0 Å². The lowest BCUT2D eigenvalue weighted by atomic mass is 10.5. The van der Waals surface area contributed by atoms with Crippen LogP contribution in [0.3, 0.4) is 0 Å². The summed E-state index contributed by atoms with van der Waals surface area (Å²) in [7, 11) is 0. The fourth-order valence-corrected chi connectivity index (χ4v) is 3.06. The van der Waals surface area contributed by atoms with E-state index in [-0.39, 0.29) is 0 Å². The lowest BCUT2D eigenvalue weighted by Crippen LogP contribution is -2.06. The van der Waals surface area contributed by atoms with Gasteiger partial charge in [0.15, 0.2) is 0 Å². The lowest BCUT2D eigenvalue weighted by Gasteiger charge is -2.19. The van der Waals surface area contributed by atoms with Crippen LogP contribution in [0.15, 0.2) is 23.1 Å². The first-order chi connectivity index (χ1) is 5.47. The summed E-state index contributed by atoms with van der Waals surface area (Å²) >= 11 is 5.24. The molecule has 0 bridgehead atoms. The molecule has 1 radical (unpaired) electrons. The standard InChI is InChI=1S/C7H6NS3/c1-3-9-5-7(1)8-2-4-10-6-11-8/h1-4H,6H2. The van der Waals surface area contributed by atoms with Crippen LogP contribution >= 0.6 is 35.0 Å². The molecule has 0 spiro atoms. The van der Waals surface area contributed by atoms with Crippen LogP contribution < -0.4 is 4.31 Å². The first-order valence-electron chi connectivity index (χ1n) is 3.12. The molecule has 57 valence electrons. The predicted octanol–water partition coefficient (Wildman–Crippen LogP) is 3.18. The summed E-state index contributed by atoms with van der Waals surface area (Å²) in [5, 5.41) is 8.45. The van der Waals surface area contributed by atoms with Gasteiger partial charge >= 0.3 is 0 Å². The number of rotatable bonds is 1. The van der Waals surface area contributed by atoms with E-state index in [1.807, 2.05) is 17.1 Å². The van der Waals surface area contributed by atoms with Crippen LogP contribution in [0.5, 0.6) is 0 Å². The molecule has 0 saturated carbocycles. The summed E-state index contributed by atoms with van der Waals surface area (Å²) in [5.74, 6) is 0. The second kappa shape index (κ2) is 3.56. The van der Waals surface area contributed by atoms with E-state index in [9.17, 15) is 0 Å². The molecule has 0 aliphatic carbocycles. The maximum Gasteiger partial charge on any atom is 0.0714 e. The lowest BCUT2D eigenvalue weighted by molar-refractivity contribution is 1.48. The number of thioether (sulfide) groups is 1. The number of hydrogen-bond donors (Lipinski definition) is 0. The average molecular weight is 200 g/mol. The smallest absolute Gasteiger partial charge is 0.0714 e. The van der Waals surface area contributed by atoms with Crippen molar-refractivity contribution >= 4 is 40.7 Å². The van der Waals surface area contributed by atoms with Crippen LogP contribution in [-0.4, -0.2) is 5.08 Å². The van der Waals surface area contributed by atoms with E-state index in [2.05, 4.69) is 27.4 Å². The molecular formula is C7H6NS3. The molecular weight excluding hydrogens is 194 g/mol. The van der Waals surface area contributed by atoms with E-state index in [1.165, 1.54) is 0 Å². The Morgan fingerprint density at radius 1 is 1.55 bits per heavy atom. The maximum absolute atomic E-state index is 3.19. The van der Waals surface area contributed by atoms with Crippen LogP contribution in [0.4, 0.5) is 5.69 Å². The Bertz CT molecular complexity index is 242. The highest BCUT2D eigenvalue weighted by Crippen LogP contribution is 2.31. The van der Waals surface area contributed by atoms with E-state index in [0.29, 0.717) is 0 Å². The normalized spacial score (nSPS) is 17.3. The molecule has 0 fully saturated rings. The molecule has 2 heterocycles. The molecule has 4 heteroatoms. The highest BCUT2D eigenvalue weighted by molar-refractivity contribution is 8.18. The zero-order valence-electron chi connectivity index (χ0n) is 5.69. The summed E-state index contributed by atoms with van der Waals surface area (Å²) in [6.07, 6.45) is 2.08. The van der Waals surface area contributed by atoms with E-state index in [0.717, 1.165) is 10.8 Å². The van der Waals surface area contributed by atoms with Gasteiger partial charge in [-0.1, -0.05) is 0 Å². The Labute approximate surface area is 78.6 Å². The van der Waals surface area contributed by atoms with Crippen molar-refractivity contribution in [3.63, 3.8) is 0 Å². The van der Waals surface area contributed by atoms with Gasteiger partial charge in [0.1, 0.15) is 0 Å². The summed E-state index contributed by atoms with van der Waals surface area (Å²) in [6.45, 7) is 0. The topological polar surface area (TPSA) is 3.24 Å². The molecule has 1 nitrogen and oxygen atoms in total. The maximum atomic E-state index is 3.19. The zero-order valence-corrected chi connectivity index (χ0v) is 8.14. The van der Waals surface area contributed by atoms with E-state index >= 15 is 0 Å². The SMILES string of the molecule is [c]1sccc1N1C=CSCS1. The summed E-state index contributed by atoms with van der Waals surface area (Å²) in [5.41, 5.74) is 1.16. The van der Waals surface area contributed by atoms with E-state index in [4.69, 9.17) is 0 Å². The van der Waals surface area contributed by atoms with Crippen LogP contribution in [0.25, 0.3) is 0 Å². The number of thiophene rings is 1. The fraction of sp³-hybridized carbons (Fsp3) is 0.143. The van der Waals surface area contributed by atoms with Gasteiger partial charge in [-0.05, 0) is 28.8 Å². The van der Waals surface area contributed by atoms with Crippen molar-refractivity contribution in [1.82, 2.24) is 0 Å². The highest BCUT2D eigenvalue weighted by Gasteiger charge is 2.06. The Hall–Kier alpha value is -0.0600. The minimum absolute atomic E-state index is 1.10. The molecule has 0 N–H and O–H groups in total. The van der Waals surface area contributed by atoms with Crippen LogP contribution in [0.1, 0.15) is 0 Å². The third-order valence-corrected chi connectivity index (χ3v) is 3.72. The summed E-state index contributed by atoms with van der Waals surface area (Å²) in [4.78, 5) is 0. The molecule has 0 unspecified atom stereocenters. The van der Waals surface area contributed by atoms with Crippen LogP contribution in [0, 0.1) is 5.38 Å². The quantitative estimate of drug-likeness (QED) is 0.641. The summed E-state index contributed by atoms with van der Waals surface area (Å²) < 4.78 is 2.15. The van der Waals surface area contributed by atoms with Gasteiger partial charge in [0, 0.05) is 6.20 Å². The van der Waals surface area contributed by atoms with Gasteiger partial charge in [-0.3, -0.25) is 4.31 Å². The van der Waals surface area contributed by atoms with Crippen molar-refractivity contribution in [1.29, 1.82) is 0 Å². The van der Waals surface area contributed by atoms with Crippen molar-refractivity contribution < 1.29 is 0 Å². The zero-order chi connectivity index (χ0) is 7.52. The van der Waals surface area contributed by atoms with Gasteiger partial charge in [0.2, 0.25) is 0 Å². The molecule has 11 heavy (non-hydrogen) atoms. The minimum atomic E-state index is 1.10. The monoisotopic (exact) mass is 200 g/mol. The fourth-order valence-electron chi connectivity index (χ4n) is 0.763. The Balaban J connectivity index is 2.16. The second-order valence-corrected chi connectivity index (χ2v) is 4.84. The van der Waals surface area contributed by atoms with Crippen LogP contribution in [-0.2, 0) is 0 Å². The average Bonchev–Trinajstić information content (AvgIpc) is 2.58. The molecule has 0 atom stereocenters. The molecule has 1 aliphatic heterocycles. The Kier molecular flexibility index (Phi) is 2.45.